The van der Waals surface area contributed by atoms with Gasteiger partial charge < -0.3 is 4.74 Å². The van der Waals surface area contributed by atoms with Gasteiger partial charge in [-0.1, -0.05) is 22.9 Å². The molecule has 1 saturated heterocycles. The monoisotopic (exact) mass is 517 g/mol. The highest BCUT2D eigenvalue weighted by Gasteiger charge is 2.41. The molecule has 2 aliphatic rings. The van der Waals surface area contributed by atoms with Crippen molar-refractivity contribution in [3.05, 3.63) is 33.2 Å². The second kappa shape index (κ2) is 9.14. The predicted molar refractivity (Wildman–Crippen MR) is 122 cm³/mol. The van der Waals surface area contributed by atoms with Crippen LogP contribution in [-0.4, -0.2) is 45.4 Å². The molecule has 0 atom stereocenters. The van der Waals surface area contributed by atoms with Crippen LogP contribution in [0.5, 0.6) is 0 Å². The smallest absolute Gasteiger partial charge is 0.378 e. The zero-order valence-corrected chi connectivity index (χ0v) is 20.2. The van der Waals surface area contributed by atoms with Crippen molar-refractivity contribution in [2.45, 2.75) is 82.8 Å². The van der Waals surface area contributed by atoms with Crippen LogP contribution < -0.4 is 5.69 Å². The summed E-state index contributed by atoms with van der Waals surface area (Å²) in [6, 6.07) is 4.27. The van der Waals surface area contributed by atoms with Crippen molar-refractivity contribution >= 4 is 27.0 Å². The molecule has 1 aromatic heterocycles. The minimum atomic E-state index is -4.75. The highest BCUT2D eigenvalue weighted by Crippen LogP contribution is 2.38. The molecule has 0 radical (unpaired) electrons. The van der Waals surface area contributed by atoms with Crippen LogP contribution in [-0.2, 0) is 11.0 Å². The highest BCUT2D eigenvalue weighted by atomic mass is 79.9. The minimum absolute atomic E-state index is 0.0277. The van der Waals surface area contributed by atoms with E-state index in [-0.39, 0.29) is 21.7 Å². The van der Waals surface area contributed by atoms with Crippen molar-refractivity contribution in [2.75, 3.05) is 19.7 Å². The molecule has 2 fully saturated rings. The number of benzene rings is 1. The average Bonchev–Trinajstić information content (AvgIpc) is 3.04. The van der Waals surface area contributed by atoms with Crippen LogP contribution in [0.15, 0.2) is 27.5 Å². The molecule has 1 aliphatic heterocycles. The number of imidazole rings is 1. The Bertz CT molecular complexity index is 1000. The van der Waals surface area contributed by atoms with Crippen molar-refractivity contribution in [3.8, 4) is 0 Å². The number of hydrogen-bond acceptors (Lipinski definition) is 3. The molecule has 0 unspecified atom stereocenters. The molecule has 4 rings (SSSR count). The van der Waals surface area contributed by atoms with Gasteiger partial charge in [0.1, 0.15) is 0 Å². The third-order valence-corrected chi connectivity index (χ3v) is 7.74. The van der Waals surface area contributed by atoms with Gasteiger partial charge in [-0.15, -0.1) is 13.2 Å². The Morgan fingerprint density at radius 1 is 1.12 bits per heavy atom. The van der Waals surface area contributed by atoms with Gasteiger partial charge >= 0.3 is 12.0 Å². The van der Waals surface area contributed by atoms with Crippen molar-refractivity contribution in [1.82, 2.24) is 14.0 Å². The van der Waals surface area contributed by atoms with Crippen molar-refractivity contribution in [2.24, 2.45) is 0 Å². The third kappa shape index (κ3) is 4.53. The van der Waals surface area contributed by atoms with Crippen LogP contribution in [0.3, 0.4) is 0 Å². The quantitative estimate of drug-likeness (QED) is 0.502. The Labute approximate surface area is 194 Å². The van der Waals surface area contributed by atoms with Crippen LogP contribution >= 0.6 is 15.9 Å². The van der Waals surface area contributed by atoms with E-state index < -0.39 is 12.0 Å². The SMILES string of the molecule is CCCOC1CCC(C)(N2CCC(n3c(=O)n(C(F)(F)F)c4ccc(Br)cc43)CC2)CC1. The van der Waals surface area contributed by atoms with E-state index in [2.05, 4.69) is 34.7 Å². The fourth-order valence-electron chi connectivity index (χ4n) is 5.43. The average molecular weight is 518 g/mol. The summed E-state index contributed by atoms with van der Waals surface area (Å²) in [7, 11) is 0. The summed E-state index contributed by atoms with van der Waals surface area (Å²) in [6.07, 6.45) is 2.16. The lowest BCUT2D eigenvalue weighted by molar-refractivity contribution is -0.203. The Morgan fingerprint density at radius 3 is 2.38 bits per heavy atom. The summed E-state index contributed by atoms with van der Waals surface area (Å²) in [6.45, 7) is 6.78. The fraction of sp³-hybridized carbons (Fsp3) is 0.696. The van der Waals surface area contributed by atoms with Gasteiger partial charge in [-0.2, -0.15) is 0 Å². The van der Waals surface area contributed by atoms with Crippen LogP contribution in [0.1, 0.15) is 64.8 Å². The van der Waals surface area contributed by atoms with E-state index in [0.717, 1.165) is 51.8 Å². The Kier molecular flexibility index (Phi) is 6.81. The number of likely N-dealkylation sites (tertiary alicyclic amines) is 1. The molecule has 2 aromatic rings. The number of hydrogen-bond donors (Lipinski definition) is 0. The normalized spacial score (nSPS) is 26.1. The molecule has 32 heavy (non-hydrogen) atoms. The maximum Gasteiger partial charge on any atom is 0.493 e. The van der Waals surface area contributed by atoms with Crippen LogP contribution in [0, 0.1) is 0 Å². The van der Waals surface area contributed by atoms with E-state index in [0.29, 0.717) is 28.9 Å². The Morgan fingerprint density at radius 2 is 1.78 bits per heavy atom. The summed E-state index contributed by atoms with van der Waals surface area (Å²) in [4.78, 5) is 15.4. The van der Waals surface area contributed by atoms with Crippen molar-refractivity contribution < 1.29 is 17.9 Å². The summed E-state index contributed by atoms with van der Waals surface area (Å²) >= 11 is 3.34. The topological polar surface area (TPSA) is 39.4 Å². The Balaban J connectivity index is 1.51. The first-order valence-electron chi connectivity index (χ1n) is 11.5. The molecule has 0 N–H and O–H groups in total. The zero-order chi connectivity index (χ0) is 23.1. The Hall–Kier alpha value is -1.32. The lowest BCUT2D eigenvalue weighted by Gasteiger charge is -2.48. The van der Waals surface area contributed by atoms with Gasteiger partial charge in [-0.3, -0.25) is 9.47 Å². The zero-order valence-electron chi connectivity index (χ0n) is 18.6. The van der Waals surface area contributed by atoms with Gasteiger partial charge in [0.2, 0.25) is 0 Å². The van der Waals surface area contributed by atoms with E-state index in [1.54, 1.807) is 12.1 Å². The van der Waals surface area contributed by atoms with E-state index in [4.69, 9.17) is 4.74 Å². The molecule has 5 nitrogen and oxygen atoms in total. The predicted octanol–water partition coefficient (Wildman–Crippen LogP) is 5.81. The number of alkyl halides is 3. The van der Waals surface area contributed by atoms with Crippen LogP contribution in [0.25, 0.3) is 11.0 Å². The molecule has 2 heterocycles. The minimum Gasteiger partial charge on any atom is -0.378 e. The summed E-state index contributed by atoms with van der Waals surface area (Å²) in [5, 5.41) is 0. The first-order valence-corrected chi connectivity index (χ1v) is 12.3. The van der Waals surface area contributed by atoms with Gasteiger partial charge in [-0.05, 0) is 70.1 Å². The fourth-order valence-corrected chi connectivity index (χ4v) is 5.78. The van der Waals surface area contributed by atoms with Gasteiger partial charge in [0.25, 0.3) is 0 Å². The van der Waals surface area contributed by atoms with Gasteiger partial charge in [0, 0.05) is 35.7 Å². The molecule has 1 aliphatic carbocycles. The molecule has 178 valence electrons. The van der Waals surface area contributed by atoms with E-state index >= 15 is 0 Å². The van der Waals surface area contributed by atoms with Gasteiger partial charge in [-0.25, -0.2) is 9.36 Å². The molecule has 9 heteroatoms. The number of rotatable bonds is 5. The van der Waals surface area contributed by atoms with Gasteiger partial charge in [0.15, 0.2) is 0 Å². The highest BCUT2D eigenvalue weighted by molar-refractivity contribution is 9.10. The maximum absolute atomic E-state index is 13.6. The van der Waals surface area contributed by atoms with Crippen molar-refractivity contribution in [1.29, 1.82) is 0 Å². The van der Waals surface area contributed by atoms with Crippen molar-refractivity contribution in [3.63, 3.8) is 0 Å². The molecule has 1 saturated carbocycles. The first-order chi connectivity index (χ1) is 15.1. The number of fused-ring (bicyclic) bond motifs is 1. The first kappa shape index (κ1) is 23.8. The molecular formula is C23H31BrF3N3O2. The molecule has 0 spiro atoms. The number of halogens is 4. The number of piperidine rings is 1. The lowest BCUT2D eigenvalue weighted by atomic mass is 9.79. The standard InChI is InChI=1S/C23H31BrF3N3O2/c1-3-14-32-18-6-10-22(2,11-7-18)28-12-8-17(9-13-28)29-20-15-16(24)4-5-19(20)30(21(29)31)23(25,26)27/h4-5,15,17-18H,3,6-14H2,1-2H3. The molecule has 1 aromatic carbocycles. The van der Waals surface area contributed by atoms with E-state index in [1.165, 1.54) is 10.6 Å². The third-order valence-electron chi connectivity index (χ3n) is 7.25. The molecule has 0 amide bonds. The summed E-state index contributed by atoms with van der Waals surface area (Å²) < 4.78 is 48.9. The summed E-state index contributed by atoms with van der Waals surface area (Å²) in [5.74, 6) is 0. The number of aromatic nitrogens is 2. The second-order valence-corrected chi connectivity index (χ2v) is 10.3. The van der Waals surface area contributed by atoms with E-state index in [1.807, 2.05) is 0 Å². The lowest BCUT2D eigenvalue weighted by Crippen LogP contribution is -2.53. The second-order valence-electron chi connectivity index (χ2n) is 9.37. The number of ether oxygens (including phenoxy) is 1. The van der Waals surface area contributed by atoms with Gasteiger partial charge in [0.05, 0.1) is 17.1 Å². The van der Waals surface area contributed by atoms with E-state index in [9.17, 15) is 18.0 Å². The number of nitrogens with zero attached hydrogens (tertiary/aromatic N) is 3. The molecular weight excluding hydrogens is 487 g/mol. The largest absolute Gasteiger partial charge is 0.493 e. The van der Waals surface area contributed by atoms with Crippen LogP contribution in [0.4, 0.5) is 13.2 Å². The van der Waals surface area contributed by atoms with Crippen LogP contribution in [0.2, 0.25) is 0 Å². The summed E-state index contributed by atoms with van der Waals surface area (Å²) in [5.41, 5.74) is -0.667. The molecule has 0 bridgehead atoms. The maximum atomic E-state index is 13.6.